The van der Waals surface area contributed by atoms with Crippen LogP contribution >= 0.6 is 11.6 Å². The number of hydrogen-bond donors (Lipinski definition) is 1. The molecular formula is C16H17ClFNO. The molecule has 0 bridgehead atoms. The van der Waals surface area contributed by atoms with Gasteiger partial charge in [-0.15, -0.1) is 0 Å². The molecule has 0 amide bonds. The summed E-state index contributed by atoms with van der Waals surface area (Å²) < 4.78 is 18.6. The Morgan fingerprint density at radius 1 is 1.15 bits per heavy atom. The molecule has 0 aromatic heterocycles. The summed E-state index contributed by atoms with van der Waals surface area (Å²) in [6.07, 6.45) is 0. The molecule has 0 fully saturated rings. The minimum absolute atomic E-state index is 0.246. The molecule has 2 aromatic rings. The van der Waals surface area contributed by atoms with Gasteiger partial charge in [0.15, 0.2) is 0 Å². The Kier molecular flexibility index (Phi) is 5.39. The molecule has 106 valence electrons. The molecule has 4 heteroatoms. The third-order valence-electron chi connectivity index (χ3n) is 2.94. The first-order chi connectivity index (χ1) is 9.70. The molecule has 0 saturated carbocycles. The Hall–Kier alpha value is -1.58. The molecule has 0 radical (unpaired) electrons. The molecule has 0 unspecified atom stereocenters. The van der Waals surface area contributed by atoms with Crippen molar-refractivity contribution in [3.8, 4) is 5.75 Å². The second-order valence-electron chi connectivity index (χ2n) is 4.41. The van der Waals surface area contributed by atoms with Crippen LogP contribution in [0.5, 0.6) is 5.75 Å². The lowest BCUT2D eigenvalue weighted by atomic mass is 10.2. The van der Waals surface area contributed by atoms with Crippen LogP contribution in [0.4, 0.5) is 4.39 Å². The monoisotopic (exact) mass is 293 g/mol. The SMILES string of the molecule is CCNCc1c(Cl)cccc1OCc1ccc(F)cc1. The molecule has 1 N–H and O–H groups in total. The zero-order valence-corrected chi connectivity index (χ0v) is 12.1. The van der Waals surface area contributed by atoms with Gasteiger partial charge >= 0.3 is 0 Å². The zero-order chi connectivity index (χ0) is 14.4. The maximum atomic E-state index is 12.8. The van der Waals surface area contributed by atoms with Crippen LogP contribution in [0.3, 0.4) is 0 Å². The number of benzene rings is 2. The molecule has 2 rings (SSSR count). The van der Waals surface area contributed by atoms with Crippen LogP contribution in [0.1, 0.15) is 18.1 Å². The van der Waals surface area contributed by atoms with Gasteiger partial charge in [-0.25, -0.2) is 4.39 Å². The highest BCUT2D eigenvalue weighted by molar-refractivity contribution is 6.31. The third kappa shape index (κ3) is 3.95. The van der Waals surface area contributed by atoms with Gasteiger partial charge in [0.1, 0.15) is 18.2 Å². The maximum Gasteiger partial charge on any atom is 0.125 e. The van der Waals surface area contributed by atoms with Crippen LogP contribution in [0, 0.1) is 5.82 Å². The summed E-state index contributed by atoms with van der Waals surface area (Å²) in [6, 6.07) is 11.9. The van der Waals surface area contributed by atoms with Crippen LogP contribution in [-0.4, -0.2) is 6.54 Å². The fraction of sp³-hybridized carbons (Fsp3) is 0.250. The molecule has 0 heterocycles. The van der Waals surface area contributed by atoms with Gasteiger partial charge < -0.3 is 10.1 Å². The van der Waals surface area contributed by atoms with E-state index in [0.29, 0.717) is 18.2 Å². The predicted molar refractivity (Wildman–Crippen MR) is 79.6 cm³/mol. The van der Waals surface area contributed by atoms with Gasteiger partial charge in [-0.3, -0.25) is 0 Å². The molecule has 20 heavy (non-hydrogen) atoms. The van der Waals surface area contributed by atoms with E-state index in [0.717, 1.165) is 23.4 Å². The molecule has 0 aliphatic heterocycles. The lowest BCUT2D eigenvalue weighted by Crippen LogP contribution is -2.13. The Bertz CT molecular complexity index is 557. The average Bonchev–Trinajstić information content (AvgIpc) is 2.46. The van der Waals surface area contributed by atoms with Crippen LogP contribution in [-0.2, 0) is 13.2 Å². The van der Waals surface area contributed by atoms with Gasteiger partial charge in [-0.05, 0) is 36.4 Å². The minimum atomic E-state index is -0.246. The molecule has 0 aliphatic rings. The lowest BCUT2D eigenvalue weighted by Gasteiger charge is -2.13. The van der Waals surface area contributed by atoms with E-state index in [-0.39, 0.29) is 5.82 Å². The normalized spacial score (nSPS) is 10.6. The van der Waals surface area contributed by atoms with Crippen molar-refractivity contribution < 1.29 is 9.13 Å². The largest absolute Gasteiger partial charge is 0.489 e. The van der Waals surface area contributed by atoms with E-state index in [1.54, 1.807) is 12.1 Å². The van der Waals surface area contributed by atoms with E-state index < -0.39 is 0 Å². The van der Waals surface area contributed by atoms with E-state index in [2.05, 4.69) is 5.32 Å². The van der Waals surface area contributed by atoms with Gasteiger partial charge in [0.25, 0.3) is 0 Å². The van der Waals surface area contributed by atoms with Crippen molar-refractivity contribution in [3.05, 3.63) is 64.4 Å². The van der Waals surface area contributed by atoms with E-state index in [4.69, 9.17) is 16.3 Å². The van der Waals surface area contributed by atoms with Crippen molar-refractivity contribution in [1.82, 2.24) is 5.32 Å². The van der Waals surface area contributed by atoms with Crippen LogP contribution in [0.25, 0.3) is 0 Å². The summed E-state index contributed by atoms with van der Waals surface area (Å²) in [4.78, 5) is 0. The van der Waals surface area contributed by atoms with Gasteiger partial charge in [0.05, 0.1) is 0 Å². The van der Waals surface area contributed by atoms with E-state index >= 15 is 0 Å². The summed E-state index contributed by atoms with van der Waals surface area (Å²) in [5.41, 5.74) is 1.86. The topological polar surface area (TPSA) is 21.3 Å². The number of nitrogens with one attached hydrogen (secondary N) is 1. The zero-order valence-electron chi connectivity index (χ0n) is 11.3. The standard InChI is InChI=1S/C16H17ClFNO/c1-2-19-10-14-15(17)4-3-5-16(14)20-11-12-6-8-13(18)9-7-12/h3-9,19H,2,10-11H2,1H3. The summed E-state index contributed by atoms with van der Waals surface area (Å²) in [6.45, 7) is 3.95. The fourth-order valence-electron chi connectivity index (χ4n) is 1.84. The van der Waals surface area contributed by atoms with Crippen LogP contribution in [0.15, 0.2) is 42.5 Å². The van der Waals surface area contributed by atoms with Gasteiger partial charge in [0.2, 0.25) is 0 Å². The minimum Gasteiger partial charge on any atom is -0.489 e. The van der Waals surface area contributed by atoms with Crippen molar-refractivity contribution in [2.75, 3.05) is 6.54 Å². The predicted octanol–water partition coefficient (Wildman–Crippen LogP) is 4.17. The average molecular weight is 294 g/mol. The summed E-state index contributed by atoms with van der Waals surface area (Å²) in [5.74, 6) is 0.507. The van der Waals surface area contributed by atoms with Crippen LogP contribution < -0.4 is 10.1 Å². The number of hydrogen-bond acceptors (Lipinski definition) is 2. The molecule has 0 spiro atoms. The first-order valence-electron chi connectivity index (χ1n) is 6.56. The van der Waals surface area contributed by atoms with Crippen LogP contribution in [0.2, 0.25) is 5.02 Å². The van der Waals surface area contributed by atoms with E-state index in [1.807, 2.05) is 25.1 Å². The lowest BCUT2D eigenvalue weighted by molar-refractivity contribution is 0.302. The van der Waals surface area contributed by atoms with Crippen molar-refractivity contribution in [2.45, 2.75) is 20.1 Å². The number of halogens is 2. The Morgan fingerprint density at radius 3 is 2.60 bits per heavy atom. The second-order valence-corrected chi connectivity index (χ2v) is 4.82. The highest BCUT2D eigenvalue weighted by Crippen LogP contribution is 2.27. The highest BCUT2D eigenvalue weighted by Gasteiger charge is 2.08. The van der Waals surface area contributed by atoms with Crippen molar-refractivity contribution in [2.24, 2.45) is 0 Å². The van der Waals surface area contributed by atoms with Crippen molar-refractivity contribution >= 4 is 11.6 Å². The first-order valence-corrected chi connectivity index (χ1v) is 6.94. The van der Waals surface area contributed by atoms with Gasteiger partial charge in [-0.1, -0.05) is 36.7 Å². The molecule has 0 saturated heterocycles. The van der Waals surface area contributed by atoms with Gasteiger partial charge in [-0.2, -0.15) is 0 Å². The van der Waals surface area contributed by atoms with E-state index in [1.165, 1.54) is 12.1 Å². The van der Waals surface area contributed by atoms with Crippen molar-refractivity contribution in [1.29, 1.82) is 0 Å². The Balaban J connectivity index is 2.08. The maximum absolute atomic E-state index is 12.8. The van der Waals surface area contributed by atoms with E-state index in [9.17, 15) is 4.39 Å². The fourth-order valence-corrected chi connectivity index (χ4v) is 2.07. The van der Waals surface area contributed by atoms with Gasteiger partial charge in [0, 0.05) is 17.1 Å². The Labute approximate surface area is 123 Å². The summed E-state index contributed by atoms with van der Waals surface area (Å²) in [5, 5.41) is 3.92. The number of ether oxygens (including phenoxy) is 1. The third-order valence-corrected chi connectivity index (χ3v) is 3.29. The number of rotatable bonds is 6. The summed E-state index contributed by atoms with van der Waals surface area (Å²) >= 11 is 6.20. The molecule has 2 nitrogen and oxygen atoms in total. The smallest absolute Gasteiger partial charge is 0.125 e. The summed E-state index contributed by atoms with van der Waals surface area (Å²) in [7, 11) is 0. The Morgan fingerprint density at radius 2 is 1.90 bits per heavy atom. The molecule has 0 atom stereocenters. The molecule has 0 aliphatic carbocycles. The second kappa shape index (κ2) is 7.27. The molecule has 2 aromatic carbocycles. The first kappa shape index (κ1) is 14.8. The highest BCUT2D eigenvalue weighted by atomic mass is 35.5. The quantitative estimate of drug-likeness (QED) is 0.863. The van der Waals surface area contributed by atoms with Crippen molar-refractivity contribution in [3.63, 3.8) is 0 Å². The molecular weight excluding hydrogens is 277 g/mol.